The fraction of sp³-hybridized carbons (Fsp3) is 0.556. The molecule has 2 aliphatic heterocycles. The highest BCUT2D eigenvalue weighted by Crippen LogP contribution is 2.47. The molecule has 266 valence electrons. The summed E-state index contributed by atoms with van der Waals surface area (Å²) in [5.41, 5.74) is 0.202. The van der Waals surface area contributed by atoms with Crippen molar-refractivity contribution in [1.29, 1.82) is 0 Å². The topological polar surface area (TPSA) is 140 Å². The Morgan fingerprint density at radius 3 is 2.67 bits per heavy atom. The first-order valence-electron chi connectivity index (χ1n) is 17.1. The van der Waals surface area contributed by atoms with E-state index in [-0.39, 0.29) is 22.8 Å². The number of allylic oxidation sites excluding steroid dienone is 1. The van der Waals surface area contributed by atoms with Crippen molar-refractivity contribution in [1.82, 2.24) is 13.9 Å². The molecule has 0 unspecified atom stereocenters. The molecule has 13 heteroatoms. The number of hydrogen-bond acceptors (Lipinski definition) is 8. The number of hydrogen-bond donors (Lipinski definition) is 3. The molecule has 1 fully saturated rings. The summed E-state index contributed by atoms with van der Waals surface area (Å²) < 4.78 is 35.0. The van der Waals surface area contributed by atoms with Gasteiger partial charge in [0.2, 0.25) is 5.91 Å². The van der Waals surface area contributed by atoms with Crippen LogP contribution in [0.4, 0.5) is 5.69 Å². The van der Waals surface area contributed by atoms with Crippen LogP contribution in [0, 0.1) is 11.8 Å². The number of ether oxygens (including phenoxy) is 1. The van der Waals surface area contributed by atoms with Gasteiger partial charge in [-0.1, -0.05) is 35.9 Å². The maximum atomic E-state index is 13.8. The van der Waals surface area contributed by atoms with Crippen LogP contribution in [0.3, 0.4) is 0 Å². The van der Waals surface area contributed by atoms with Crippen LogP contribution in [0.1, 0.15) is 61.6 Å². The second kappa shape index (κ2) is 13.9. The van der Waals surface area contributed by atoms with Gasteiger partial charge in [0.05, 0.1) is 24.8 Å². The summed E-state index contributed by atoms with van der Waals surface area (Å²) in [7, 11) is -0.166. The highest BCUT2D eigenvalue weighted by atomic mass is 35.5. The molecule has 2 heterocycles. The Labute approximate surface area is 294 Å². The quantitative estimate of drug-likeness (QED) is 0.411. The standard InChI is InChI=1S/C36H47ClN4O7S/c1-39(2)49(46,47)38-34(44)36(45)20-33(43)40(3)17-6-4-5-9-31(42)28-13-10-25(28)21-41-22-35(23-48-32-15-11-26(36)19-30(32)41)16-7-8-24-18-27(37)12-14-29(24)35/h5,9,11-12,14-15,18-19,25,28,31,42,45H,4,6-8,10,13,16-17,20-23H2,1-3H3,(H,38,44)/b9-5+/t25-,28+,31-,35-,36-/m0/s1. The van der Waals surface area contributed by atoms with Crippen molar-refractivity contribution in [3.8, 4) is 5.75 Å². The van der Waals surface area contributed by atoms with Crippen LogP contribution < -0.4 is 14.4 Å². The Morgan fingerprint density at radius 1 is 1.14 bits per heavy atom. The molecule has 6 rings (SSSR count). The molecule has 2 amide bonds. The molecule has 2 aromatic carbocycles. The molecule has 4 aliphatic rings. The molecule has 49 heavy (non-hydrogen) atoms. The lowest BCUT2D eigenvalue weighted by Gasteiger charge is -2.45. The number of rotatable bonds is 3. The smallest absolute Gasteiger partial charge is 0.303 e. The number of anilines is 1. The summed E-state index contributed by atoms with van der Waals surface area (Å²) in [5.74, 6) is -0.940. The van der Waals surface area contributed by atoms with E-state index in [0.29, 0.717) is 55.5 Å². The SMILES string of the molecule is CN1CCC/C=C/[C@H](O)[C@@H]2CC[C@H]2CN2C[C@@]3(CCCc4cc(Cl)ccc43)COc3ccc(cc32)[C@](O)(C(=O)NS(=O)(=O)N(C)C)CC1=O. The predicted molar refractivity (Wildman–Crippen MR) is 188 cm³/mol. The van der Waals surface area contributed by atoms with Crippen molar-refractivity contribution < 1.29 is 33.0 Å². The lowest BCUT2D eigenvalue weighted by molar-refractivity contribution is -0.148. The number of aliphatic hydroxyl groups is 2. The normalized spacial score (nSPS) is 29.9. The molecule has 2 aliphatic carbocycles. The van der Waals surface area contributed by atoms with Gasteiger partial charge < -0.3 is 24.7 Å². The van der Waals surface area contributed by atoms with Crippen molar-refractivity contribution in [2.45, 2.75) is 68.5 Å². The van der Waals surface area contributed by atoms with E-state index in [1.54, 1.807) is 19.2 Å². The second-order valence-corrected chi connectivity index (χ2v) is 16.7. The molecule has 2 bridgehead atoms. The van der Waals surface area contributed by atoms with Gasteiger partial charge in [-0.25, -0.2) is 4.72 Å². The lowest BCUT2D eigenvalue weighted by Crippen LogP contribution is -2.52. The molecule has 1 saturated carbocycles. The Kier molecular flexibility index (Phi) is 10.1. The van der Waals surface area contributed by atoms with Crippen molar-refractivity contribution in [2.24, 2.45) is 11.8 Å². The predicted octanol–water partition coefficient (Wildman–Crippen LogP) is 3.51. The summed E-state index contributed by atoms with van der Waals surface area (Å²) in [6.07, 6.45) is 8.39. The summed E-state index contributed by atoms with van der Waals surface area (Å²) in [5, 5.41) is 24.1. The average molecular weight is 715 g/mol. The van der Waals surface area contributed by atoms with Crippen molar-refractivity contribution in [3.63, 3.8) is 0 Å². The van der Waals surface area contributed by atoms with Crippen LogP contribution in [-0.4, -0.2) is 93.1 Å². The number of aryl methyl sites for hydroxylation is 1. The third kappa shape index (κ3) is 7.08. The zero-order chi connectivity index (χ0) is 35.1. The molecular formula is C36H47ClN4O7S. The van der Waals surface area contributed by atoms with Crippen LogP contribution in [0.2, 0.25) is 5.02 Å². The number of aliphatic hydroxyl groups excluding tert-OH is 1. The second-order valence-electron chi connectivity index (χ2n) is 14.4. The first-order chi connectivity index (χ1) is 23.2. The maximum absolute atomic E-state index is 13.8. The maximum Gasteiger partial charge on any atom is 0.303 e. The fourth-order valence-corrected chi connectivity index (χ4v) is 8.62. The van der Waals surface area contributed by atoms with Crippen molar-refractivity contribution in [2.75, 3.05) is 52.3 Å². The molecule has 0 aromatic heterocycles. The van der Waals surface area contributed by atoms with Gasteiger partial charge in [0.25, 0.3) is 5.91 Å². The highest BCUT2D eigenvalue weighted by Gasteiger charge is 2.47. The van der Waals surface area contributed by atoms with Gasteiger partial charge in [-0.2, -0.15) is 12.7 Å². The van der Waals surface area contributed by atoms with Gasteiger partial charge in [0, 0.05) is 51.2 Å². The van der Waals surface area contributed by atoms with Crippen LogP contribution in [0.15, 0.2) is 48.6 Å². The van der Waals surface area contributed by atoms with Crippen LogP contribution in [0.5, 0.6) is 5.75 Å². The van der Waals surface area contributed by atoms with Crippen molar-refractivity contribution in [3.05, 3.63) is 70.3 Å². The van der Waals surface area contributed by atoms with E-state index in [4.69, 9.17) is 16.3 Å². The minimum atomic E-state index is -4.29. The minimum Gasteiger partial charge on any atom is -0.490 e. The van der Waals surface area contributed by atoms with Crippen LogP contribution in [-0.2, 0) is 37.2 Å². The third-order valence-electron chi connectivity index (χ3n) is 11.0. The Morgan fingerprint density at radius 2 is 1.94 bits per heavy atom. The molecule has 3 N–H and O–H groups in total. The largest absolute Gasteiger partial charge is 0.490 e. The van der Waals surface area contributed by atoms with Crippen molar-refractivity contribution >= 4 is 39.3 Å². The number of nitrogens with one attached hydrogen (secondary N) is 1. The zero-order valence-electron chi connectivity index (χ0n) is 28.4. The highest BCUT2D eigenvalue weighted by molar-refractivity contribution is 7.87. The molecular weight excluding hydrogens is 668 g/mol. The molecule has 1 spiro atoms. The molecule has 0 saturated heterocycles. The summed E-state index contributed by atoms with van der Waals surface area (Å²) >= 11 is 6.42. The number of halogens is 1. The Bertz CT molecular complexity index is 1740. The monoisotopic (exact) mass is 714 g/mol. The van der Waals surface area contributed by atoms with E-state index in [1.807, 2.05) is 29.0 Å². The Hall–Kier alpha value is -3.16. The summed E-state index contributed by atoms with van der Waals surface area (Å²) in [6, 6.07) is 10.9. The number of amides is 2. The minimum absolute atomic E-state index is 0.0688. The number of fused-ring (bicyclic) bond motifs is 4. The average Bonchev–Trinajstić information content (AvgIpc) is 3.18. The van der Waals surface area contributed by atoms with Gasteiger partial charge in [-0.3, -0.25) is 9.59 Å². The summed E-state index contributed by atoms with van der Waals surface area (Å²) in [4.78, 5) is 31.0. The molecule has 2 aromatic rings. The number of nitrogens with zero attached hydrogens (tertiary/aromatic N) is 3. The van der Waals surface area contributed by atoms with E-state index < -0.39 is 40.1 Å². The van der Waals surface area contributed by atoms with Gasteiger partial charge >= 0.3 is 10.2 Å². The zero-order valence-corrected chi connectivity index (χ0v) is 30.0. The van der Waals surface area contributed by atoms with E-state index >= 15 is 0 Å². The van der Waals surface area contributed by atoms with E-state index in [0.717, 1.165) is 36.4 Å². The molecule has 0 radical (unpaired) electrons. The lowest BCUT2D eigenvalue weighted by atomic mass is 9.68. The number of carbonyl (C=O) groups excluding carboxylic acids is 2. The summed E-state index contributed by atoms with van der Waals surface area (Å²) in [6.45, 7) is 1.93. The molecule has 11 nitrogen and oxygen atoms in total. The van der Waals surface area contributed by atoms with Gasteiger partial charge in [0.1, 0.15) is 5.75 Å². The van der Waals surface area contributed by atoms with E-state index in [2.05, 4.69) is 11.0 Å². The molecule has 5 atom stereocenters. The van der Waals surface area contributed by atoms with E-state index in [9.17, 15) is 28.2 Å². The van der Waals surface area contributed by atoms with Crippen LogP contribution >= 0.6 is 11.6 Å². The third-order valence-corrected chi connectivity index (χ3v) is 12.6. The number of benzene rings is 2. The Balaban J connectivity index is 1.47. The van der Waals surface area contributed by atoms with Gasteiger partial charge in [-0.15, -0.1) is 0 Å². The van der Waals surface area contributed by atoms with Gasteiger partial charge in [-0.05, 0) is 97.7 Å². The fourth-order valence-electron chi connectivity index (χ4n) is 7.83. The van der Waals surface area contributed by atoms with Gasteiger partial charge in [0.15, 0.2) is 5.60 Å². The first-order valence-corrected chi connectivity index (χ1v) is 18.9. The first kappa shape index (κ1) is 35.7. The van der Waals surface area contributed by atoms with E-state index in [1.165, 1.54) is 36.2 Å². The number of carbonyl (C=O) groups is 2. The van der Waals surface area contributed by atoms with Crippen LogP contribution in [0.25, 0.3) is 0 Å².